The molecular formula is C21H32O2. The summed E-state index contributed by atoms with van der Waals surface area (Å²) in [6.07, 6.45) is 15.1. The fourth-order valence-corrected chi connectivity index (χ4v) is 2.98. The molecule has 0 aliphatic heterocycles. The van der Waals surface area contributed by atoms with E-state index >= 15 is 0 Å². The molecule has 0 amide bonds. The lowest BCUT2D eigenvalue weighted by molar-refractivity contribution is -0.0360. The van der Waals surface area contributed by atoms with E-state index in [0.29, 0.717) is 0 Å². The number of methoxy groups -OCH3 is 1. The molecule has 0 bridgehead atoms. The molecule has 1 aliphatic rings. The Morgan fingerprint density at radius 2 is 1.91 bits per heavy atom. The molecule has 0 fully saturated rings. The Hall–Kier alpha value is -1.38. The Labute approximate surface area is 141 Å². The molecule has 0 spiro atoms. The van der Waals surface area contributed by atoms with Gasteiger partial charge in [0.1, 0.15) is 0 Å². The van der Waals surface area contributed by atoms with Gasteiger partial charge in [-0.1, -0.05) is 60.9 Å². The number of rotatable bonds is 6. The smallest absolute Gasteiger partial charge is 0.174 e. The topological polar surface area (TPSA) is 29.5 Å². The highest BCUT2D eigenvalue weighted by molar-refractivity contribution is 5.37. The van der Waals surface area contributed by atoms with Crippen LogP contribution in [-0.2, 0) is 4.74 Å². The van der Waals surface area contributed by atoms with Gasteiger partial charge in [0, 0.05) is 7.11 Å². The molecule has 0 aromatic heterocycles. The van der Waals surface area contributed by atoms with Gasteiger partial charge in [0.15, 0.2) is 6.29 Å². The van der Waals surface area contributed by atoms with Crippen molar-refractivity contribution in [3.05, 3.63) is 58.7 Å². The van der Waals surface area contributed by atoms with Gasteiger partial charge in [0.05, 0.1) is 0 Å². The van der Waals surface area contributed by atoms with Crippen molar-refractivity contribution < 1.29 is 9.84 Å². The summed E-state index contributed by atoms with van der Waals surface area (Å²) in [4.78, 5) is 0. The zero-order valence-corrected chi connectivity index (χ0v) is 15.5. The van der Waals surface area contributed by atoms with Crippen LogP contribution in [0.4, 0.5) is 0 Å². The second-order valence-electron chi connectivity index (χ2n) is 7.07. The molecular weight excluding hydrogens is 284 g/mol. The van der Waals surface area contributed by atoms with Gasteiger partial charge in [-0.05, 0) is 57.1 Å². The van der Waals surface area contributed by atoms with Gasteiger partial charge in [0.2, 0.25) is 0 Å². The molecule has 1 unspecified atom stereocenters. The van der Waals surface area contributed by atoms with E-state index in [0.717, 1.165) is 5.57 Å². The van der Waals surface area contributed by atoms with Crippen LogP contribution in [0.2, 0.25) is 0 Å². The zero-order chi connectivity index (χ0) is 17.5. The van der Waals surface area contributed by atoms with Crippen LogP contribution in [0.25, 0.3) is 0 Å². The Morgan fingerprint density at radius 3 is 2.52 bits per heavy atom. The summed E-state index contributed by atoms with van der Waals surface area (Å²) in [6, 6.07) is 0. The van der Waals surface area contributed by atoms with E-state index in [1.807, 2.05) is 19.1 Å². The standard InChI is InChI=1S/C21H32O2/c1-16(9-7-10-17(2)15-20(22)23-6)12-13-19-18(3)11-8-14-21(19,4)5/h7,9-10,12-13,15,20,22H,8,11,14H2,1-6H3/b10-7?,13-12?,16-9-,17-15?. The maximum atomic E-state index is 9.38. The quantitative estimate of drug-likeness (QED) is 0.519. The molecule has 1 rings (SSSR count). The molecule has 2 nitrogen and oxygen atoms in total. The Morgan fingerprint density at radius 1 is 1.22 bits per heavy atom. The van der Waals surface area contributed by atoms with Crippen molar-refractivity contribution in [3.8, 4) is 0 Å². The molecule has 0 aromatic rings. The zero-order valence-electron chi connectivity index (χ0n) is 15.5. The molecule has 128 valence electrons. The van der Waals surface area contributed by atoms with E-state index in [9.17, 15) is 5.11 Å². The van der Waals surface area contributed by atoms with Gasteiger partial charge in [-0.3, -0.25) is 0 Å². The molecule has 0 saturated carbocycles. The molecule has 0 saturated heterocycles. The first kappa shape index (κ1) is 19.7. The molecule has 0 heterocycles. The first-order valence-corrected chi connectivity index (χ1v) is 8.39. The fraction of sp³-hybridized carbons (Fsp3) is 0.524. The number of hydrogen-bond acceptors (Lipinski definition) is 2. The minimum absolute atomic E-state index is 0.282. The molecule has 1 N–H and O–H groups in total. The Bertz CT molecular complexity index is 542. The van der Waals surface area contributed by atoms with E-state index in [1.54, 1.807) is 6.08 Å². The van der Waals surface area contributed by atoms with Crippen molar-refractivity contribution in [2.75, 3.05) is 7.11 Å². The van der Waals surface area contributed by atoms with E-state index in [-0.39, 0.29) is 5.41 Å². The van der Waals surface area contributed by atoms with Gasteiger partial charge in [-0.15, -0.1) is 0 Å². The third kappa shape index (κ3) is 6.72. The third-order valence-corrected chi connectivity index (χ3v) is 4.42. The van der Waals surface area contributed by atoms with E-state index in [2.05, 4.69) is 45.9 Å². The number of aliphatic hydroxyl groups is 1. The second kappa shape index (κ2) is 9.05. The van der Waals surface area contributed by atoms with Crippen molar-refractivity contribution in [1.29, 1.82) is 0 Å². The van der Waals surface area contributed by atoms with Gasteiger partial charge >= 0.3 is 0 Å². The highest BCUT2D eigenvalue weighted by atomic mass is 16.6. The molecule has 0 aromatic carbocycles. The minimum Gasteiger partial charge on any atom is -0.365 e. The van der Waals surface area contributed by atoms with E-state index < -0.39 is 6.29 Å². The predicted molar refractivity (Wildman–Crippen MR) is 99.1 cm³/mol. The summed E-state index contributed by atoms with van der Waals surface area (Å²) >= 11 is 0. The minimum atomic E-state index is -0.840. The van der Waals surface area contributed by atoms with Crippen molar-refractivity contribution in [1.82, 2.24) is 0 Å². The first-order chi connectivity index (χ1) is 10.8. The fourth-order valence-electron chi connectivity index (χ4n) is 2.98. The normalized spacial score (nSPS) is 21.5. The van der Waals surface area contributed by atoms with Gasteiger partial charge < -0.3 is 9.84 Å². The van der Waals surface area contributed by atoms with Crippen molar-refractivity contribution in [3.63, 3.8) is 0 Å². The Balaban J connectivity index is 2.75. The average molecular weight is 316 g/mol. The van der Waals surface area contributed by atoms with Crippen molar-refractivity contribution >= 4 is 0 Å². The predicted octanol–water partition coefficient (Wildman–Crippen LogP) is 5.48. The molecule has 23 heavy (non-hydrogen) atoms. The number of hydrogen-bond donors (Lipinski definition) is 1. The summed E-state index contributed by atoms with van der Waals surface area (Å²) in [6.45, 7) is 11.0. The Kier molecular flexibility index (Phi) is 7.74. The summed E-state index contributed by atoms with van der Waals surface area (Å²) in [5.41, 5.74) is 5.47. The van der Waals surface area contributed by atoms with Crippen LogP contribution in [0, 0.1) is 5.41 Å². The monoisotopic (exact) mass is 316 g/mol. The average Bonchev–Trinajstić information content (AvgIpc) is 2.45. The van der Waals surface area contributed by atoms with E-state index in [1.165, 1.54) is 43.1 Å². The van der Waals surface area contributed by atoms with Crippen molar-refractivity contribution in [2.45, 2.75) is 60.2 Å². The highest BCUT2D eigenvalue weighted by Gasteiger charge is 2.26. The first-order valence-electron chi connectivity index (χ1n) is 8.39. The number of ether oxygens (including phenoxy) is 1. The number of aliphatic hydroxyl groups excluding tert-OH is 1. The SMILES string of the molecule is COC(O)C=C(C)C=C/C=C(/C)C=CC1=C(C)CCCC1(C)C. The van der Waals surface area contributed by atoms with Gasteiger partial charge in [0.25, 0.3) is 0 Å². The summed E-state index contributed by atoms with van der Waals surface area (Å²) in [5.74, 6) is 0. The van der Waals surface area contributed by atoms with Crippen LogP contribution in [0.5, 0.6) is 0 Å². The van der Waals surface area contributed by atoms with Crippen molar-refractivity contribution in [2.24, 2.45) is 5.41 Å². The maximum absolute atomic E-state index is 9.38. The van der Waals surface area contributed by atoms with Crippen LogP contribution in [0.15, 0.2) is 58.7 Å². The lowest BCUT2D eigenvalue weighted by Gasteiger charge is -2.32. The van der Waals surface area contributed by atoms with Gasteiger partial charge in [-0.2, -0.15) is 0 Å². The second-order valence-corrected chi connectivity index (χ2v) is 7.07. The summed E-state index contributed by atoms with van der Waals surface area (Å²) in [7, 11) is 1.48. The summed E-state index contributed by atoms with van der Waals surface area (Å²) < 4.78 is 4.80. The van der Waals surface area contributed by atoms with Crippen LogP contribution < -0.4 is 0 Å². The van der Waals surface area contributed by atoms with Gasteiger partial charge in [-0.25, -0.2) is 0 Å². The van der Waals surface area contributed by atoms with Crippen LogP contribution >= 0.6 is 0 Å². The number of allylic oxidation sites excluding steroid dienone is 9. The third-order valence-electron chi connectivity index (χ3n) is 4.42. The molecule has 0 radical (unpaired) electrons. The lowest BCUT2D eigenvalue weighted by Crippen LogP contribution is -2.19. The molecule has 2 heteroatoms. The van der Waals surface area contributed by atoms with E-state index in [4.69, 9.17) is 4.74 Å². The summed E-state index contributed by atoms with van der Waals surface area (Å²) in [5, 5.41) is 9.38. The van der Waals surface area contributed by atoms with Crippen LogP contribution in [-0.4, -0.2) is 18.5 Å². The largest absolute Gasteiger partial charge is 0.365 e. The molecule has 1 aliphatic carbocycles. The molecule has 1 atom stereocenters. The lowest BCUT2D eigenvalue weighted by atomic mass is 9.72. The van der Waals surface area contributed by atoms with Crippen LogP contribution in [0.1, 0.15) is 53.9 Å². The highest BCUT2D eigenvalue weighted by Crippen LogP contribution is 2.40. The van der Waals surface area contributed by atoms with Crippen LogP contribution in [0.3, 0.4) is 0 Å². The maximum Gasteiger partial charge on any atom is 0.174 e.